The standard InChI is InChI=1S/C59H58N4O3/c1-39-14-20-42(21-15-39)56-47-30-32-49(60-47)57(43-22-16-40(2)17-23-43)51-34-36-53(62-51)59(45-26-28-46(29-27-45)66-38-12-10-8-6-5-7-9-11-13-55(64)65-4)54-37-35-52(63-54)58(50-33-31-48(56)61-50)44-24-18-41(3)19-25-44/h14-37,60,63H,5-13,38H2,1-4H3. The number of hydrogen-bond acceptors (Lipinski definition) is 5. The summed E-state index contributed by atoms with van der Waals surface area (Å²) in [6.07, 6.45) is 18.0. The molecule has 332 valence electrons. The monoisotopic (exact) mass is 870 g/mol. The molecule has 0 saturated carbocycles. The molecule has 0 amide bonds. The topological polar surface area (TPSA) is 92.9 Å². The van der Waals surface area contributed by atoms with Crippen LogP contribution in [0, 0.1) is 20.8 Å². The number of hydrogen-bond donors (Lipinski definition) is 2. The quantitative estimate of drug-likeness (QED) is 0.0745. The van der Waals surface area contributed by atoms with Crippen molar-refractivity contribution in [3.63, 3.8) is 0 Å². The average molecular weight is 871 g/mol. The fourth-order valence-corrected chi connectivity index (χ4v) is 9.02. The van der Waals surface area contributed by atoms with E-state index in [4.69, 9.17) is 19.4 Å². The molecular formula is C59H58N4O3. The first-order valence-corrected chi connectivity index (χ1v) is 23.5. The predicted octanol–water partition coefficient (Wildman–Crippen LogP) is 15.3. The van der Waals surface area contributed by atoms with Crippen molar-refractivity contribution >= 4 is 52.3 Å². The predicted molar refractivity (Wildman–Crippen MR) is 274 cm³/mol. The van der Waals surface area contributed by atoms with E-state index in [1.165, 1.54) is 43.1 Å². The minimum absolute atomic E-state index is 0.112. The van der Waals surface area contributed by atoms with Crippen molar-refractivity contribution in [1.29, 1.82) is 0 Å². The van der Waals surface area contributed by atoms with Gasteiger partial charge in [-0.25, -0.2) is 9.97 Å². The first-order valence-electron chi connectivity index (χ1n) is 23.5. The van der Waals surface area contributed by atoms with Crippen LogP contribution in [0.4, 0.5) is 0 Å². The SMILES string of the molecule is COC(=O)CCCCCCCCCCOc1ccc(-c2c3nc(c(-c4ccc(C)cc4)c4ccc([nH]4)c(-c4ccc(C)cc4)c4nc(c(-c5ccc(C)cc5)c5ccc2[nH]5)C=C4)C=C3)cc1. The van der Waals surface area contributed by atoms with Gasteiger partial charge >= 0.3 is 5.97 Å². The third kappa shape index (κ3) is 10.0. The summed E-state index contributed by atoms with van der Waals surface area (Å²) in [6, 6.07) is 43.3. The molecule has 0 unspecified atom stereocenters. The molecule has 0 fully saturated rings. The fourth-order valence-electron chi connectivity index (χ4n) is 9.02. The fraction of sp³-hybridized carbons (Fsp3) is 0.237. The van der Waals surface area contributed by atoms with E-state index in [-0.39, 0.29) is 5.97 Å². The number of unbranched alkanes of at least 4 members (excludes halogenated alkanes) is 7. The maximum Gasteiger partial charge on any atom is 0.305 e. The molecular weight excluding hydrogens is 813 g/mol. The molecule has 3 aromatic heterocycles. The number of aryl methyl sites for hydroxylation is 3. The summed E-state index contributed by atoms with van der Waals surface area (Å²) in [6.45, 7) is 7.04. The highest BCUT2D eigenvalue weighted by atomic mass is 16.5. The van der Waals surface area contributed by atoms with Gasteiger partial charge in [0.15, 0.2) is 0 Å². The molecule has 2 N–H and O–H groups in total. The molecule has 5 heterocycles. The highest BCUT2D eigenvalue weighted by Crippen LogP contribution is 2.39. The van der Waals surface area contributed by atoms with Crippen LogP contribution in [0.3, 0.4) is 0 Å². The Labute approximate surface area is 388 Å². The van der Waals surface area contributed by atoms with Gasteiger partial charge in [-0.05, 0) is 117 Å². The number of nitrogens with zero attached hydrogens (tertiary/aromatic N) is 2. The second-order valence-corrected chi connectivity index (χ2v) is 17.6. The minimum atomic E-state index is -0.112. The highest BCUT2D eigenvalue weighted by molar-refractivity contribution is 5.99. The molecule has 9 rings (SSSR count). The van der Waals surface area contributed by atoms with Crippen molar-refractivity contribution < 1.29 is 14.3 Å². The van der Waals surface area contributed by atoms with E-state index in [0.717, 1.165) is 127 Å². The van der Waals surface area contributed by atoms with Gasteiger partial charge in [-0.2, -0.15) is 0 Å². The van der Waals surface area contributed by atoms with Gasteiger partial charge in [0.05, 0.1) is 36.5 Å². The number of ether oxygens (including phenoxy) is 2. The van der Waals surface area contributed by atoms with Crippen LogP contribution >= 0.6 is 0 Å². The van der Waals surface area contributed by atoms with E-state index >= 15 is 0 Å². The Balaban J connectivity index is 1.13. The normalized spacial score (nSPS) is 11.9. The average Bonchev–Trinajstić information content (AvgIpc) is 4.19. The van der Waals surface area contributed by atoms with Crippen molar-refractivity contribution in [3.8, 4) is 50.3 Å². The lowest BCUT2D eigenvalue weighted by Crippen LogP contribution is -1.99. The lowest BCUT2D eigenvalue weighted by molar-refractivity contribution is -0.140. The van der Waals surface area contributed by atoms with Crippen LogP contribution in [-0.2, 0) is 9.53 Å². The number of rotatable bonds is 16. The number of fused-ring (bicyclic) bond motifs is 8. The van der Waals surface area contributed by atoms with Crippen molar-refractivity contribution in [2.24, 2.45) is 0 Å². The van der Waals surface area contributed by atoms with Gasteiger partial charge in [0.2, 0.25) is 0 Å². The summed E-state index contributed by atoms with van der Waals surface area (Å²) < 4.78 is 11.0. The molecule has 7 aromatic rings. The number of benzene rings is 4. The molecule has 0 atom stereocenters. The van der Waals surface area contributed by atoms with Crippen molar-refractivity contribution in [2.75, 3.05) is 13.7 Å². The van der Waals surface area contributed by atoms with Crippen LogP contribution in [0.15, 0.2) is 121 Å². The highest BCUT2D eigenvalue weighted by Gasteiger charge is 2.19. The molecule has 0 spiro atoms. The van der Waals surface area contributed by atoms with Gasteiger partial charge in [-0.3, -0.25) is 4.79 Å². The van der Waals surface area contributed by atoms with Crippen LogP contribution in [-0.4, -0.2) is 39.6 Å². The second kappa shape index (κ2) is 20.3. The molecule has 2 aliphatic rings. The summed E-state index contributed by atoms with van der Waals surface area (Å²) in [7, 11) is 1.45. The Morgan fingerprint density at radius 2 is 0.742 bits per heavy atom. The van der Waals surface area contributed by atoms with Crippen molar-refractivity contribution in [3.05, 3.63) is 161 Å². The van der Waals surface area contributed by atoms with E-state index in [1.807, 2.05) is 0 Å². The lowest BCUT2D eigenvalue weighted by Gasteiger charge is -2.09. The zero-order valence-corrected chi connectivity index (χ0v) is 38.5. The molecule has 8 bridgehead atoms. The summed E-state index contributed by atoms with van der Waals surface area (Å²) >= 11 is 0. The number of carbonyl (C=O) groups is 1. The van der Waals surface area contributed by atoms with Crippen LogP contribution in [0.5, 0.6) is 5.75 Å². The summed E-state index contributed by atoms with van der Waals surface area (Å²) in [4.78, 5) is 30.0. The Bertz CT molecular complexity index is 3020. The number of carbonyl (C=O) groups excluding carboxylic acids is 1. The number of methoxy groups -OCH3 is 1. The van der Waals surface area contributed by atoms with Crippen LogP contribution in [0.25, 0.3) is 90.9 Å². The minimum Gasteiger partial charge on any atom is -0.494 e. The van der Waals surface area contributed by atoms with E-state index in [1.54, 1.807) is 0 Å². The molecule has 66 heavy (non-hydrogen) atoms. The third-order valence-electron chi connectivity index (χ3n) is 12.7. The molecule has 7 nitrogen and oxygen atoms in total. The molecule has 0 radical (unpaired) electrons. The largest absolute Gasteiger partial charge is 0.494 e. The Morgan fingerprint density at radius 3 is 1.09 bits per heavy atom. The summed E-state index contributed by atoms with van der Waals surface area (Å²) in [5.41, 5.74) is 19.4. The Kier molecular flexibility index (Phi) is 13.5. The van der Waals surface area contributed by atoms with Crippen molar-refractivity contribution in [2.45, 2.75) is 78.6 Å². The van der Waals surface area contributed by atoms with Gasteiger partial charge in [0, 0.05) is 50.7 Å². The van der Waals surface area contributed by atoms with Crippen LogP contribution in [0.2, 0.25) is 0 Å². The zero-order chi connectivity index (χ0) is 45.4. The molecule has 2 aliphatic heterocycles. The Morgan fingerprint density at radius 1 is 0.424 bits per heavy atom. The number of H-pyrrole nitrogens is 2. The van der Waals surface area contributed by atoms with Gasteiger partial charge in [0.25, 0.3) is 0 Å². The molecule has 0 saturated heterocycles. The maximum absolute atomic E-state index is 11.3. The summed E-state index contributed by atoms with van der Waals surface area (Å²) in [5, 5.41) is 0. The van der Waals surface area contributed by atoms with Gasteiger partial charge in [-0.15, -0.1) is 0 Å². The van der Waals surface area contributed by atoms with E-state index < -0.39 is 0 Å². The molecule has 7 heteroatoms. The molecule has 4 aromatic carbocycles. The van der Waals surface area contributed by atoms with Gasteiger partial charge in [-0.1, -0.05) is 140 Å². The van der Waals surface area contributed by atoms with Crippen molar-refractivity contribution in [1.82, 2.24) is 19.9 Å². The summed E-state index contributed by atoms with van der Waals surface area (Å²) in [5.74, 6) is 0.743. The Hall–Kier alpha value is -7.25. The lowest BCUT2D eigenvalue weighted by atomic mass is 10.0. The maximum atomic E-state index is 11.3. The third-order valence-corrected chi connectivity index (χ3v) is 12.7. The number of aromatic amines is 2. The van der Waals surface area contributed by atoms with Gasteiger partial charge < -0.3 is 19.4 Å². The van der Waals surface area contributed by atoms with Crippen LogP contribution < -0.4 is 4.74 Å². The van der Waals surface area contributed by atoms with Crippen LogP contribution in [0.1, 0.15) is 97.3 Å². The second-order valence-electron chi connectivity index (χ2n) is 17.6. The first kappa shape index (κ1) is 44.0. The van der Waals surface area contributed by atoms with Gasteiger partial charge in [0.1, 0.15) is 5.75 Å². The zero-order valence-electron chi connectivity index (χ0n) is 38.5. The smallest absolute Gasteiger partial charge is 0.305 e. The number of esters is 1. The first-order chi connectivity index (χ1) is 32.3. The van der Waals surface area contributed by atoms with E-state index in [9.17, 15) is 4.79 Å². The molecule has 0 aliphatic carbocycles. The number of nitrogens with one attached hydrogen (secondary N) is 2. The number of aromatic nitrogens is 4. The van der Waals surface area contributed by atoms with E-state index in [0.29, 0.717) is 13.0 Å². The van der Waals surface area contributed by atoms with E-state index in [2.05, 4.69) is 176 Å².